The Hall–Kier alpha value is -3.18. The maximum absolute atomic E-state index is 12.8. The smallest absolute Gasteiger partial charge is 0.309 e. The summed E-state index contributed by atoms with van der Waals surface area (Å²) in [5.74, 6) is -0.561. The fourth-order valence-electron chi connectivity index (χ4n) is 7.25. The summed E-state index contributed by atoms with van der Waals surface area (Å²) in [6.45, 7) is 7.49. The summed E-state index contributed by atoms with van der Waals surface area (Å²) in [7, 11) is 0. The largest absolute Gasteiger partial charge is 0.461 e. The van der Waals surface area contributed by atoms with Gasteiger partial charge in [-0.25, -0.2) is 0 Å². The standard InChI is InChI=1S/C59H100O5/c1-4-7-10-13-16-19-22-25-28-29-30-33-36-39-42-45-48-51-54-62-55-57(64-59(61)53-50-47-44-41-38-35-32-27-24-21-18-15-12-9-6-3)56-63-58(60)52-49-46-43-40-37-34-31-26-23-20-17-14-11-8-5-2/h8-9,11-12,17-18,20-21,26-27,31-32,37,40,46,49,57H,4-7,10,13-16,19,22-25,28-30,33-36,38-39,41-45,47-48,50-56H2,1-3H3/b11-8-,12-9-,20-17-,21-18-,31-26-,32-27-,40-37-,49-46-. The summed E-state index contributed by atoms with van der Waals surface area (Å²) in [5, 5.41) is 0. The van der Waals surface area contributed by atoms with Crippen LogP contribution in [0.5, 0.6) is 0 Å². The van der Waals surface area contributed by atoms with Crippen molar-refractivity contribution in [1.82, 2.24) is 0 Å². The van der Waals surface area contributed by atoms with Crippen LogP contribution in [-0.4, -0.2) is 37.9 Å². The van der Waals surface area contributed by atoms with Gasteiger partial charge in [0.2, 0.25) is 0 Å². The Morgan fingerprint density at radius 3 is 1.20 bits per heavy atom. The second kappa shape index (κ2) is 54.2. The van der Waals surface area contributed by atoms with Crippen molar-refractivity contribution in [3.63, 3.8) is 0 Å². The number of ether oxygens (including phenoxy) is 3. The second-order valence-corrected chi connectivity index (χ2v) is 17.4. The Balaban J connectivity index is 4.39. The summed E-state index contributed by atoms with van der Waals surface area (Å²) in [5.41, 5.74) is 0. The van der Waals surface area contributed by atoms with E-state index < -0.39 is 6.10 Å². The van der Waals surface area contributed by atoms with Gasteiger partial charge in [0.05, 0.1) is 13.0 Å². The lowest BCUT2D eigenvalue weighted by molar-refractivity contribution is -0.162. The first-order chi connectivity index (χ1) is 31.6. The van der Waals surface area contributed by atoms with E-state index in [0.717, 1.165) is 89.9 Å². The van der Waals surface area contributed by atoms with Crippen molar-refractivity contribution in [2.45, 2.75) is 245 Å². The lowest BCUT2D eigenvalue weighted by atomic mass is 10.0. The second-order valence-electron chi connectivity index (χ2n) is 17.4. The molecule has 0 amide bonds. The average Bonchev–Trinajstić information content (AvgIpc) is 3.30. The summed E-state index contributed by atoms with van der Waals surface area (Å²) in [6.07, 6.45) is 73.1. The first-order valence-corrected chi connectivity index (χ1v) is 26.8. The number of esters is 2. The zero-order valence-corrected chi connectivity index (χ0v) is 42.0. The number of unbranched alkanes of at least 4 members (excludes halogenated alkanes) is 22. The number of allylic oxidation sites excluding steroid dienone is 15. The van der Waals surface area contributed by atoms with Gasteiger partial charge < -0.3 is 14.2 Å². The van der Waals surface area contributed by atoms with E-state index in [-0.39, 0.29) is 31.6 Å². The summed E-state index contributed by atoms with van der Waals surface area (Å²) >= 11 is 0. The van der Waals surface area contributed by atoms with E-state index in [1.807, 2.05) is 12.2 Å². The maximum Gasteiger partial charge on any atom is 0.309 e. The van der Waals surface area contributed by atoms with E-state index in [2.05, 4.69) is 106 Å². The SMILES string of the molecule is CC/C=C\C/C=C\C/C=C\C/C=C\C/C=C\CC(=O)OCC(COCCCCCCCCCCCCCCCCCCCC)OC(=O)CCCCCCC/C=C\C/C=C\C/C=C\CC. The molecule has 64 heavy (non-hydrogen) atoms. The van der Waals surface area contributed by atoms with Crippen LogP contribution in [0.4, 0.5) is 0 Å². The number of rotatable bonds is 48. The highest BCUT2D eigenvalue weighted by Gasteiger charge is 2.17. The van der Waals surface area contributed by atoms with Gasteiger partial charge in [-0.15, -0.1) is 0 Å². The van der Waals surface area contributed by atoms with Crippen molar-refractivity contribution < 1.29 is 23.8 Å². The van der Waals surface area contributed by atoms with Gasteiger partial charge in [-0.05, 0) is 77.0 Å². The van der Waals surface area contributed by atoms with Crippen LogP contribution in [0.2, 0.25) is 0 Å². The number of carbonyl (C=O) groups is 2. The normalized spacial score (nSPS) is 13.0. The average molecular weight is 889 g/mol. The molecule has 0 saturated heterocycles. The van der Waals surface area contributed by atoms with E-state index in [4.69, 9.17) is 14.2 Å². The van der Waals surface area contributed by atoms with Gasteiger partial charge >= 0.3 is 11.9 Å². The fourth-order valence-corrected chi connectivity index (χ4v) is 7.25. The molecule has 1 atom stereocenters. The number of carbonyl (C=O) groups excluding carboxylic acids is 2. The predicted molar refractivity (Wildman–Crippen MR) is 279 cm³/mol. The van der Waals surface area contributed by atoms with Crippen molar-refractivity contribution in [3.05, 3.63) is 97.2 Å². The van der Waals surface area contributed by atoms with Gasteiger partial charge in [-0.2, -0.15) is 0 Å². The first-order valence-electron chi connectivity index (χ1n) is 26.8. The molecule has 0 saturated carbocycles. The quantitative estimate of drug-likeness (QED) is 0.0346. The van der Waals surface area contributed by atoms with Gasteiger partial charge in [-0.1, -0.05) is 246 Å². The number of hydrogen-bond acceptors (Lipinski definition) is 5. The van der Waals surface area contributed by atoms with Gasteiger partial charge in [0.15, 0.2) is 6.10 Å². The Bertz CT molecular complexity index is 1230. The van der Waals surface area contributed by atoms with E-state index >= 15 is 0 Å². The third-order valence-corrected chi connectivity index (χ3v) is 11.1. The molecule has 0 spiro atoms. The lowest BCUT2D eigenvalue weighted by Crippen LogP contribution is -2.30. The third kappa shape index (κ3) is 51.5. The van der Waals surface area contributed by atoms with E-state index in [0.29, 0.717) is 13.0 Å². The first kappa shape index (κ1) is 60.8. The minimum Gasteiger partial charge on any atom is -0.461 e. The Morgan fingerprint density at radius 1 is 0.375 bits per heavy atom. The molecular weight excluding hydrogens is 789 g/mol. The van der Waals surface area contributed by atoms with Crippen LogP contribution >= 0.6 is 0 Å². The Labute approximate surface area is 396 Å². The molecule has 0 rings (SSSR count). The molecule has 0 aromatic carbocycles. The van der Waals surface area contributed by atoms with E-state index in [9.17, 15) is 9.59 Å². The van der Waals surface area contributed by atoms with Crippen molar-refractivity contribution in [1.29, 1.82) is 0 Å². The van der Waals surface area contributed by atoms with Gasteiger partial charge in [0.1, 0.15) is 6.61 Å². The van der Waals surface area contributed by atoms with Gasteiger partial charge in [0.25, 0.3) is 0 Å². The molecular formula is C59H100O5. The minimum absolute atomic E-state index is 0.0214. The predicted octanol–water partition coefficient (Wildman–Crippen LogP) is 18.2. The van der Waals surface area contributed by atoms with Gasteiger partial charge in [0, 0.05) is 13.0 Å². The molecule has 0 heterocycles. The van der Waals surface area contributed by atoms with Crippen LogP contribution in [0.15, 0.2) is 97.2 Å². The monoisotopic (exact) mass is 889 g/mol. The fraction of sp³-hybridized carbons (Fsp3) is 0.695. The summed E-state index contributed by atoms with van der Waals surface area (Å²) in [6, 6.07) is 0. The van der Waals surface area contributed by atoms with Crippen LogP contribution in [0, 0.1) is 0 Å². The highest BCUT2D eigenvalue weighted by molar-refractivity contribution is 5.71. The van der Waals surface area contributed by atoms with Crippen molar-refractivity contribution in [2.24, 2.45) is 0 Å². The minimum atomic E-state index is -0.588. The molecule has 1 unspecified atom stereocenters. The van der Waals surface area contributed by atoms with Crippen molar-refractivity contribution in [3.8, 4) is 0 Å². The highest BCUT2D eigenvalue weighted by atomic mass is 16.6. The zero-order valence-electron chi connectivity index (χ0n) is 42.0. The summed E-state index contributed by atoms with van der Waals surface area (Å²) in [4.78, 5) is 25.4. The topological polar surface area (TPSA) is 61.8 Å². The molecule has 0 fully saturated rings. The molecule has 5 heteroatoms. The lowest BCUT2D eigenvalue weighted by Gasteiger charge is -2.18. The molecule has 0 N–H and O–H groups in total. The van der Waals surface area contributed by atoms with Crippen LogP contribution in [0.3, 0.4) is 0 Å². The van der Waals surface area contributed by atoms with Crippen molar-refractivity contribution in [2.75, 3.05) is 19.8 Å². The van der Waals surface area contributed by atoms with Crippen LogP contribution in [0.25, 0.3) is 0 Å². The van der Waals surface area contributed by atoms with Crippen LogP contribution in [0.1, 0.15) is 239 Å². The van der Waals surface area contributed by atoms with Crippen molar-refractivity contribution >= 4 is 11.9 Å². The molecule has 0 aromatic heterocycles. The van der Waals surface area contributed by atoms with Gasteiger partial charge in [-0.3, -0.25) is 9.59 Å². The van der Waals surface area contributed by atoms with Crippen LogP contribution in [-0.2, 0) is 23.8 Å². The molecule has 5 nitrogen and oxygen atoms in total. The molecule has 0 aliphatic carbocycles. The molecule has 0 aromatic rings. The molecule has 0 bridgehead atoms. The van der Waals surface area contributed by atoms with E-state index in [1.165, 1.54) is 116 Å². The van der Waals surface area contributed by atoms with E-state index in [1.54, 1.807) is 0 Å². The summed E-state index contributed by atoms with van der Waals surface area (Å²) < 4.78 is 17.3. The molecule has 366 valence electrons. The molecule has 0 aliphatic heterocycles. The molecule has 0 aliphatic rings. The third-order valence-electron chi connectivity index (χ3n) is 11.1. The highest BCUT2D eigenvalue weighted by Crippen LogP contribution is 2.15. The van der Waals surface area contributed by atoms with Crippen LogP contribution < -0.4 is 0 Å². The molecule has 0 radical (unpaired) electrons. The Morgan fingerprint density at radius 2 is 0.750 bits per heavy atom. The Kier molecular flexibility index (Phi) is 51.5. The number of hydrogen-bond donors (Lipinski definition) is 0. The zero-order chi connectivity index (χ0) is 46.3. The maximum atomic E-state index is 12.8.